The van der Waals surface area contributed by atoms with Crippen LogP contribution in [-0.4, -0.2) is 6.54 Å². The minimum absolute atomic E-state index is 0.444. The minimum Gasteiger partial charge on any atom is -0.310 e. The highest BCUT2D eigenvalue weighted by atomic mass is 79.9. The maximum Gasteiger partial charge on any atom is 0.0292 e. The quantitative estimate of drug-likeness (QED) is 0.760. The summed E-state index contributed by atoms with van der Waals surface area (Å²) in [7, 11) is 0. The van der Waals surface area contributed by atoms with E-state index in [0.29, 0.717) is 6.04 Å². The van der Waals surface area contributed by atoms with Crippen LogP contribution in [0.15, 0.2) is 28.7 Å². The molecule has 0 radical (unpaired) electrons. The van der Waals surface area contributed by atoms with E-state index in [0.717, 1.165) is 11.0 Å². The molecule has 1 rings (SSSR count). The molecule has 0 amide bonds. The van der Waals surface area contributed by atoms with Gasteiger partial charge in [0.25, 0.3) is 0 Å². The highest BCUT2D eigenvalue weighted by Crippen LogP contribution is 2.17. The Hall–Kier alpha value is -0.340. The van der Waals surface area contributed by atoms with Crippen molar-refractivity contribution < 1.29 is 0 Å². The molecule has 0 heterocycles. The van der Waals surface area contributed by atoms with Crippen molar-refractivity contribution in [2.75, 3.05) is 6.54 Å². The summed E-state index contributed by atoms with van der Waals surface area (Å²) in [6.45, 7) is 5.56. The van der Waals surface area contributed by atoms with Crippen LogP contribution in [0.25, 0.3) is 0 Å². The molecule has 0 spiro atoms. The van der Waals surface area contributed by atoms with Gasteiger partial charge in [-0.05, 0) is 37.6 Å². The molecular formula is C13H20BrN. The summed E-state index contributed by atoms with van der Waals surface area (Å²) in [5, 5.41) is 3.54. The van der Waals surface area contributed by atoms with Crippen molar-refractivity contribution in [3.63, 3.8) is 0 Å². The number of unbranched alkanes of at least 4 members (excludes halogenated alkanes) is 2. The van der Waals surface area contributed by atoms with Gasteiger partial charge in [0.2, 0.25) is 0 Å². The zero-order chi connectivity index (χ0) is 11.1. The van der Waals surface area contributed by atoms with E-state index in [1.165, 1.54) is 24.8 Å². The molecule has 1 nitrogen and oxygen atoms in total. The molecule has 1 N–H and O–H groups in total. The van der Waals surface area contributed by atoms with Crippen LogP contribution in [0.3, 0.4) is 0 Å². The highest BCUT2D eigenvalue weighted by Gasteiger charge is 2.03. The van der Waals surface area contributed by atoms with Gasteiger partial charge in [-0.1, -0.05) is 47.8 Å². The monoisotopic (exact) mass is 269 g/mol. The predicted molar refractivity (Wildman–Crippen MR) is 70.1 cm³/mol. The van der Waals surface area contributed by atoms with Crippen LogP contribution in [0, 0.1) is 0 Å². The Balaban J connectivity index is 2.36. The van der Waals surface area contributed by atoms with Crippen LogP contribution in [0.1, 0.15) is 44.7 Å². The maximum absolute atomic E-state index is 3.54. The largest absolute Gasteiger partial charge is 0.310 e. The molecule has 0 aliphatic rings. The molecule has 0 aliphatic heterocycles. The number of benzene rings is 1. The van der Waals surface area contributed by atoms with E-state index in [9.17, 15) is 0 Å². The van der Waals surface area contributed by atoms with Gasteiger partial charge in [-0.25, -0.2) is 0 Å². The molecule has 0 unspecified atom stereocenters. The average Bonchev–Trinajstić information content (AvgIpc) is 2.24. The smallest absolute Gasteiger partial charge is 0.0292 e. The van der Waals surface area contributed by atoms with Crippen molar-refractivity contribution in [3.8, 4) is 0 Å². The van der Waals surface area contributed by atoms with Gasteiger partial charge in [0.1, 0.15) is 0 Å². The summed E-state index contributed by atoms with van der Waals surface area (Å²) < 4.78 is 1.15. The van der Waals surface area contributed by atoms with Crippen molar-refractivity contribution in [3.05, 3.63) is 34.3 Å². The van der Waals surface area contributed by atoms with E-state index in [1.54, 1.807) is 0 Å². The van der Waals surface area contributed by atoms with Gasteiger partial charge in [-0.15, -0.1) is 0 Å². The highest BCUT2D eigenvalue weighted by molar-refractivity contribution is 9.10. The Labute approximate surface area is 101 Å². The lowest BCUT2D eigenvalue weighted by atomic mass is 10.1. The molecule has 2 heteroatoms. The van der Waals surface area contributed by atoms with Gasteiger partial charge in [0, 0.05) is 10.5 Å². The predicted octanol–water partition coefficient (Wildman–Crippen LogP) is 4.29. The third-order valence-electron chi connectivity index (χ3n) is 2.58. The second-order valence-electron chi connectivity index (χ2n) is 3.94. The van der Waals surface area contributed by atoms with Crippen LogP contribution in [0.5, 0.6) is 0 Å². The summed E-state index contributed by atoms with van der Waals surface area (Å²) in [5.41, 5.74) is 1.35. The Bertz CT molecular complexity index is 286. The van der Waals surface area contributed by atoms with Crippen molar-refractivity contribution in [2.45, 2.75) is 39.2 Å². The fourth-order valence-corrected chi connectivity index (χ4v) is 2.00. The first kappa shape index (κ1) is 12.7. The lowest BCUT2D eigenvalue weighted by Gasteiger charge is -2.14. The second-order valence-corrected chi connectivity index (χ2v) is 4.85. The molecular weight excluding hydrogens is 250 g/mol. The summed E-state index contributed by atoms with van der Waals surface area (Å²) in [4.78, 5) is 0. The molecule has 0 bridgehead atoms. The first-order valence-electron chi connectivity index (χ1n) is 5.73. The molecule has 0 aromatic heterocycles. The Morgan fingerprint density at radius 1 is 1.33 bits per heavy atom. The molecule has 0 saturated carbocycles. The molecule has 0 fully saturated rings. The number of hydrogen-bond acceptors (Lipinski definition) is 1. The zero-order valence-corrected chi connectivity index (χ0v) is 11.2. The SMILES string of the molecule is CCCCCN[C@H](C)c1cccc(Br)c1. The van der Waals surface area contributed by atoms with E-state index >= 15 is 0 Å². The normalized spacial score (nSPS) is 12.7. The Kier molecular flexibility index (Phi) is 5.96. The topological polar surface area (TPSA) is 12.0 Å². The average molecular weight is 270 g/mol. The molecule has 84 valence electrons. The third kappa shape index (κ3) is 4.80. The first-order valence-corrected chi connectivity index (χ1v) is 6.52. The van der Waals surface area contributed by atoms with Crippen molar-refractivity contribution in [1.29, 1.82) is 0 Å². The molecule has 15 heavy (non-hydrogen) atoms. The third-order valence-corrected chi connectivity index (χ3v) is 3.07. The van der Waals surface area contributed by atoms with Crippen molar-refractivity contribution in [2.24, 2.45) is 0 Å². The molecule has 0 aliphatic carbocycles. The minimum atomic E-state index is 0.444. The lowest BCUT2D eigenvalue weighted by Crippen LogP contribution is -2.19. The van der Waals surface area contributed by atoms with Gasteiger partial charge >= 0.3 is 0 Å². The van der Waals surface area contributed by atoms with E-state index in [4.69, 9.17) is 0 Å². The van der Waals surface area contributed by atoms with Crippen LogP contribution in [-0.2, 0) is 0 Å². The second kappa shape index (κ2) is 7.02. The van der Waals surface area contributed by atoms with Crippen LogP contribution in [0.4, 0.5) is 0 Å². The number of rotatable bonds is 6. The first-order chi connectivity index (χ1) is 7.24. The molecule has 0 saturated heterocycles. The van der Waals surface area contributed by atoms with Gasteiger partial charge in [-0.3, -0.25) is 0 Å². The van der Waals surface area contributed by atoms with Gasteiger partial charge in [-0.2, -0.15) is 0 Å². The van der Waals surface area contributed by atoms with E-state index in [2.05, 4.69) is 59.4 Å². The van der Waals surface area contributed by atoms with Crippen LogP contribution in [0.2, 0.25) is 0 Å². The summed E-state index contributed by atoms with van der Waals surface area (Å²) in [6, 6.07) is 8.94. The molecule has 1 atom stereocenters. The maximum atomic E-state index is 3.54. The number of nitrogens with one attached hydrogen (secondary N) is 1. The fourth-order valence-electron chi connectivity index (χ4n) is 1.59. The van der Waals surface area contributed by atoms with Gasteiger partial charge in [0.05, 0.1) is 0 Å². The standard InChI is InChI=1S/C13H20BrN/c1-3-4-5-9-15-11(2)12-7-6-8-13(14)10-12/h6-8,10-11,15H,3-5,9H2,1-2H3/t11-/m1/s1. The van der Waals surface area contributed by atoms with Crippen LogP contribution >= 0.6 is 15.9 Å². The van der Waals surface area contributed by atoms with E-state index < -0.39 is 0 Å². The van der Waals surface area contributed by atoms with Crippen LogP contribution < -0.4 is 5.32 Å². The summed E-state index contributed by atoms with van der Waals surface area (Å²) >= 11 is 3.50. The molecule has 1 aromatic carbocycles. The summed E-state index contributed by atoms with van der Waals surface area (Å²) in [6.07, 6.45) is 3.87. The van der Waals surface area contributed by atoms with E-state index in [-0.39, 0.29) is 0 Å². The zero-order valence-electron chi connectivity index (χ0n) is 9.59. The van der Waals surface area contributed by atoms with E-state index in [1.807, 2.05) is 0 Å². The van der Waals surface area contributed by atoms with Crippen molar-refractivity contribution >= 4 is 15.9 Å². The van der Waals surface area contributed by atoms with Gasteiger partial charge in [0.15, 0.2) is 0 Å². The number of hydrogen-bond donors (Lipinski definition) is 1. The Morgan fingerprint density at radius 3 is 2.80 bits per heavy atom. The Morgan fingerprint density at radius 2 is 2.13 bits per heavy atom. The summed E-state index contributed by atoms with van der Waals surface area (Å²) in [5.74, 6) is 0. The molecule has 1 aromatic rings. The van der Waals surface area contributed by atoms with Gasteiger partial charge < -0.3 is 5.32 Å². The lowest BCUT2D eigenvalue weighted by molar-refractivity contribution is 0.544. The number of halogens is 1. The fraction of sp³-hybridized carbons (Fsp3) is 0.538. The van der Waals surface area contributed by atoms with Crippen molar-refractivity contribution in [1.82, 2.24) is 5.32 Å².